The molecule has 0 saturated heterocycles. The largest absolute Gasteiger partial charge is 0.387 e. The Bertz CT molecular complexity index is 682. The molecule has 9 heteroatoms. The zero-order chi connectivity index (χ0) is 14.6. The van der Waals surface area contributed by atoms with E-state index in [0.717, 1.165) is 0 Å². The first-order chi connectivity index (χ1) is 9.54. The number of nitrogens with zero attached hydrogens (tertiary/aromatic N) is 4. The molecule has 0 bridgehead atoms. The van der Waals surface area contributed by atoms with Gasteiger partial charge in [-0.2, -0.15) is 0 Å². The molecule has 2 rings (SSSR count). The topological polar surface area (TPSA) is 102 Å². The number of pyridine rings is 1. The fourth-order valence-corrected chi connectivity index (χ4v) is 2.89. The van der Waals surface area contributed by atoms with Crippen LogP contribution in [0.2, 0.25) is 0 Å². The standard InChI is InChI=1S/C11H16N6O2S/c1-12-9-3-5-13-7-10(9)20(18,19)15-6-4-11-16-14-8-17(11)2/h3,5,7-8,15H,4,6H2,1-2H3,(H,12,13). The van der Waals surface area contributed by atoms with E-state index in [1.54, 1.807) is 24.0 Å². The van der Waals surface area contributed by atoms with Gasteiger partial charge in [0.15, 0.2) is 0 Å². The van der Waals surface area contributed by atoms with Gasteiger partial charge in [-0.3, -0.25) is 4.98 Å². The lowest BCUT2D eigenvalue weighted by Gasteiger charge is -2.10. The summed E-state index contributed by atoms with van der Waals surface area (Å²) in [5, 5.41) is 10.5. The first kappa shape index (κ1) is 14.4. The van der Waals surface area contributed by atoms with Gasteiger partial charge in [0.2, 0.25) is 10.0 Å². The molecule has 0 aromatic carbocycles. The molecule has 0 unspecified atom stereocenters. The lowest BCUT2D eigenvalue weighted by atomic mass is 10.4. The van der Waals surface area contributed by atoms with E-state index in [1.807, 2.05) is 7.05 Å². The number of anilines is 1. The van der Waals surface area contributed by atoms with Crippen LogP contribution >= 0.6 is 0 Å². The van der Waals surface area contributed by atoms with Crippen molar-refractivity contribution >= 4 is 15.7 Å². The Morgan fingerprint density at radius 3 is 2.85 bits per heavy atom. The van der Waals surface area contributed by atoms with E-state index in [9.17, 15) is 8.42 Å². The fraction of sp³-hybridized carbons (Fsp3) is 0.364. The third kappa shape index (κ3) is 3.11. The summed E-state index contributed by atoms with van der Waals surface area (Å²) in [5.41, 5.74) is 0.506. The highest BCUT2D eigenvalue weighted by atomic mass is 32.2. The van der Waals surface area contributed by atoms with Crippen molar-refractivity contribution in [1.82, 2.24) is 24.5 Å². The molecule has 2 N–H and O–H groups in total. The lowest BCUT2D eigenvalue weighted by molar-refractivity contribution is 0.580. The Kier molecular flexibility index (Phi) is 4.30. The van der Waals surface area contributed by atoms with Crippen LogP contribution in [-0.4, -0.2) is 41.8 Å². The van der Waals surface area contributed by atoms with E-state index < -0.39 is 10.0 Å². The van der Waals surface area contributed by atoms with Crippen molar-refractivity contribution in [1.29, 1.82) is 0 Å². The van der Waals surface area contributed by atoms with Gasteiger partial charge in [-0.25, -0.2) is 13.1 Å². The van der Waals surface area contributed by atoms with Gasteiger partial charge in [-0.15, -0.1) is 10.2 Å². The monoisotopic (exact) mass is 296 g/mol. The highest BCUT2D eigenvalue weighted by Crippen LogP contribution is 2.18. The Morgan fingerprint density at radius 1 is 1.40 bits per heavy atom. The molecule has 2 aromatic heterocycles. The minimum atomic E-state index is -3.60. The summed E-state index contributed by atoms with van der Waals surface area (Å²) < 4.78 is 28.7. The number of hydrogen-bond donors (Lipinski definition) is 2. The van der Waals surface area contributed by atoms with Crippen molar-refractivity contribution in [2.45, 2.75) is 11.3 Å². The molecule has 0 amide bonds. The summed E-state index contributed by atoms with van der Waals surface area (Å²) in [7, 11) is -0.131. The minimum absolute atomic E-state index is 0.125. The highest BCUT2D eigenvalue weighted by molar-refractivity contribution is 7.89. The van der Waals surface area contributed by atoms with E-state index in [2.05, 4.69) is 25.2 Å². The van der Waals surface area contributed by atoms with Crippen LogP contribution in [0.1, 0.15) is 5.82 Å². The molecular weight excluding hydrogens is 280 g/mol. The van der Waals surface area contributed by atoms with Gasteiger partial charge in [0.25, 0.3) is 0 Å². The molecule has 0 aliphatic carbocycles. The van der Waals surface area contributed by atoms with Crippen LogP contribution in [0.25, 0.3) is 0 Å². The van der Waals surface area contributed by atoms with Crippen molar-refractivity contribution in [3.8, 4) is 0 Å². The molecule has 8 nitrogen and oxygen atoms in total. The molecule has 0 saturated carbocycles. The third-order valence-corrected chi connectivity index (χ3v) is 4.28. The molecule has 20 heavy (non-hydrogen) atoms. The van der Waals surface area contributed by atoms with E-state index in [0.29, 0.717) is 17.9 Å². The third-order valence-electron chi connectivity index (χ3n) is 2.79. The van der Waals surface area contributed by atoms with Crippen molar-refractivity contribution in [2.75, 3.05) is 18.9 Å². The number of nitrogens with one attached hydrogen (secondary N) is 2. The summed E-state index contributed by atoms with van der Waals surface area (Å²) >= 11 is 0. The maximum Gasteiger partial charge on any atom is 0.244 e. The van der Waals surface area contributed by atoms with Crippen LogP contribution in [-0.2, 0) is 23.5 Å². The molecule has 108 valence electrons. The second-order valence-electron chi connectivity index (χ2n) is 4.13. The van der Waals surface area contributed by atoms with Crippen LogP contribution in [0.5, 0.6) is 0 Å². The van der Waals surface area contributed by atoms with Gasteiger partial charge in [-0.1, -0.05) is 0 Å². The number of sulfonamides is 1. The zero-order valence-corrected chi connectivity index (χ0v) is 12.1. The maximum atomic E-state index is 12.2. The van der Waals surface area contributed by atoms with Gasteiger partial charge in [-0.05, 0) is 6.07 Å². The van der Waals surface area contributed by atoms with E-state index in [-0.39, 0.29) is 11.4 Å². The first-order valence-corrected chi connectivity index (χ1v) is 7.47. The SMILES string of the molecule is CNc1ccncc1S(=O)(=O)NCCc1nncn1C. The van der Waals surface area contributed by atoms with Gasteiger partial charge >= 0.3 is 0 Å². The molecular formula is C11H16N6O2S. The molecule has 0 atom stereocenters. The average molecular weight is 296 g/mol. The van der Waals surface area contributed by atoms with E-state index in [1.165, 1.54) is 12.4 Å². The van der Waals surface area contributed by atoms with Crippen LogP contribution in [0, 0.1) is 0 Å². The Morgan fingerprint density at radius 2 is 2.20 bits per heavy atom. The molecule has 2 heterocycles. The molecule has 0 aliphatic rings. The van der Waals surface area contributed by atoms with Crippen LogP contribution in [0.3, 0.4) is 0 Å². The normalized spacial score (nSPS) is 11.5. The number of aryl methyl sites for hydroxylation is 1. The van der Waals surface area contributed by atoms with E-state index in [4.69, 9.17) is 0 Å². The van der Waals surface area contributed by atoms with Crippen LogP contribution < -0.4 is 10.0 Å². The lowest BCUT2D eigenvalue weighted by Crippen LogP contribution is -2.27. The summed E-state index contributed by atoms with van der Waals surface area (Å²) in [6.07, 6.45) is 4.88. The second kappa shape index (κ2) is 5.97. The number of hydrogen-bond acceptors (Lipinski definition) is 6. The predicted octanol–water partition coefficient (Wildman–Crippen LogP) is -0.227. The number of aromatic nitrogens is 4. The Balaban J connectivity index is 2.06. The number of rotatable bonds is 6. The van der Waals surface area contributed by atoms with Crippen molar-refractivity contribution in [3.05, 3.63) is 30.6 Å². The zero-order valence-electron chi connectivity index (χ0n) is 11.2. The Labute approximate surface area is 117 Å². The van der Waals surface area contributed by atoms with Crippen molar-refractivity contribution < 1.29 is 8.42 Å². The van der Waals surface area contributed by atoms with Crippen molar-refractivity contribution in [2.24, 2.45) is 7.05 Å². The Hall–Kier alpha value is -2.00. The maximum absolute atomic E-state index is 12.2. The highest BCUT2D eigenvalue weighted by Gasteiger charge is 2.18. The predicted molar refractivity (Wildman–Crippen MR) is 73.7 cm³/mol. The molecule has 0 fully saturated rings. The van der Waals surface area contributed by atoms with Crippen molar-refractivity contribution in [3.63, 3.8) is 0 Å². The van der Waals surface area contributed by atoms with Crippen LogP contribution in [0.4, 0.5) is 5.69 Å². The molecule has 0 spiro atoms. The smallest absolute Gasteiger partial charge is 0.244 e. The first-order valence-electron chi connectivity index (χ1n) is 5.99. The van der Waals surface area contributed by atoms with E-state index >= 15 is 0 Å². The van der Waals surface area contributed by atoms with Crippen LogP contribution in [0.15, 0.2) is 29.7 Å². The quantitative estimate of drug-likeness (QED) is 0.763. The average Bonchev–Trinajstić information content (AvgIpc) is 2.84. The van der Waals surface area contributed by atoms with Gasteiger partial charge < -0.3 is 9.88 Å². The molecule has 0 aliphatic heterocycles. The second-order valence-corrected chi connectivity index (χ2v) is 5.86. The summed E-state index contributed by atoms with van der Waals surface area (Å²) in [6.45, 7) is 0.243. The van der Waals surface area contributed by atoms with Gasteiger partial charge in [0.05, 0.1) is 5.69 Å². The fourth-order valence-electron chi connectivity index (χ4n) is 1.71. The minimum Gasteiger partial charge on any atom is -0.387 e. The summed E-state index contributed by atoms with van der Waals surface area (Å²) in [4.78, 5) is 3.97. The molecule has 2 aromatic rings. The van der Waals surface area contributed by atoms with Gasteiger partial charge in [0, 0.05) is 39.5 Å². The summed E-state index contributed by atoms with van der Waals surface area (Å²) in [5.74, 6) is 0.715. The van der Waals surface area contributed by atoms with Gasteiger partial charge in [0.1, 0.15) is 17.0 Å². The molecule has 0 radical (unpaired) electrons. The summed E-state index contributed by atoms with van der Waals surface area (Å²) in [6, 6.07) is 1.61.